The molecule has 0 aromatic heterocycles. The molecule has 1 aromatic rings. The van der Waals surface area contributed by atoms with E-state index in [9.17, 15) is 0 Å². The maximum atomic E-state index is 8.79. The first kappa shape index (κ1) is 13.6. The van der Waals surface area contributed by atoms with Crippen molar-refractivity contribution in [1.82, 2.24) is 5.32 Å². The third-order valence-corrected chi connectivity index (χ3v) is 4.24. The molecule has 2 heterocycles. The summed E-state index contributed by atoms with van der Waals surface area (Å²) in [6, 6.07) is 10.4. The van der Waals surface area contributed by atoms with Crippen molar-refractivity contribution in [2.24, 2.45) is 0 Å². The van der Waals surface area contributed by atoms with E-state index in [0.717, 1.165) is 45.6 Å². The Kier molecular flexibility index (Phi) is 4.02. The number of nitrogens with one attached hydrogen (secondary N) is 1. The highest BCUT2D eigenvalue weighted by Crippen LogP contribution is 2.32. The lowest BCUT2D eigenvalue weighted by Gasteiger charge is -2.37. The van der Waals surface area contributed by atoms with E-state index in [-0.39, 0.29) is 5.60 Å². The molecule has 4 nitrogen and oxygen atoms in total. The average molecular weight is 272 g/mol. The zero-order valence-corrected chi connectivity index (χ0v) is 11.6. The first-order valence-corrected chi connectivity index (χ1v) is 7.24. The van der Waals surface area contributed by atoms with Crippen LogP contribution in [-0.4, -0.2) is 31.5 Å². The van der Waals surface area contributed by atoms with Crippen molar-refractivity contribution in [1.29, 1.82) is 5.26 Å². The maximum absolute atomic E-state index is 8.79. The standard InChI is InChI=1S/C16H20N2O2/c17-10-13-1-3-14(4-2-13)11-18-15-5-7-20-16(9-15)6-8-19-12-16/h1-4,15,18H,5-9,11-12H2. The minimum absolute atomic E-state index is 0.0411. The molecule has 2 aliphatic rings. The largest absolute Gasteiger partial charge is 0.378 e. The minimum atomic E-state index is -0.0411. The Balaban J connectivity index is 1.53. The van der Waals surface area contributed by atoms with Crippen LogP contribution in [0.3, 0.4) is 0 Å². The average Bonchev–Trinajstić information content (AvgIpc) is 2.93. The highest BCUT2D eigenvalue weighted by atomic mass is 16.6. The van der Waals surface area contributed by atoms with Crippen LogP contribution in [0.1, 0.15) is 30.4 Å². The minimum Gasteiger partial charge on any atom is -0.378 e. The normalized spacial score (nSPS) is 29.4. The SMILES string of the molecule is N#Cc1ccc(CNC2CCOC3(CCOC3)C2)cc1. The van der Waals surface area contributed by atoms with Gasteiger partial charge < -0.3 is 14.8 Å². The molecule has 0 aliphatic carbocycles. The highest BCUT2D eigenvalue weighted by Gasteiger charge is 2.40. The first-order chi connectivity index (χ1) is 9.80. The molecule has 20 heavy (non-hydrogen) atoms. The van der Waals surface area contributed by atoms with Crippen LogP contribution in [0.5, 0.6) is 0 Å². The molecule has 1 N–H and O–H groups in total. The van der Waals surface area contributed by atoms with Crippen LogP contribution >= 0.6 is 0 Å². The second-order valence-electron chi connectivity index (χ2n) is 5.71. The fourth-order valence-corrected chi connectivity index (χ4v) is 3.02. The van der Waals surface area contributed by atoms with Crippen LogP contribution in [0.15, 0.2) is 24.3 Å². The van der Waals surface area contributed by atoms with Gasteiger partial charge in [-0.1, -0.05) is 12.1 Å². The van der Waals surface area contributed by atoms with E-state index in [0.29, 0.717) is 11.6 Å². The fraction of sp³-hybridized carbons (Fsp3) is 0.562. The van der Waals surface area contributed by atoms with Crippen LogP contribution < -0.4 is 5.32 Å². The Morgan fingerprint density at radius 1 is 1.30 bits per heavy atom. The molecule has 2 unspecified atom stereocenters. The van der Waals surface area contributed by atoms with E-state index in [1.54, 1.807) is 0 Å². The van der Waals surface area contributed by atoms with Crippen molar-refractivity contribution < 1.29 is 9.47 Å². The van der Waals surface area contributed by atoms with Gasteiger partial charge in [-0.15, -0.1) is 0 Å². The first-order valence-electron chi connectivity index (χ1n) is 7.24. The van der Waals surface area contributed by atoms with Gasteiger partial charge in [0.1, 0.15) is 0 Å². The Labute approximate surface area is 119 Å². The van der Waals surface area contributed by atoms with Gasteiger partial charge in [0.2, 0.25) is 0 Å². The van der Waals surface area contributed by atoms with Gasteiger partial charge >= 0.3 is 0 Å². The van der Waals surface area contributed by atoms with Gasteiger partial charge in [0.15, 0.2) is 0 Å². The van der Waals surface area contributed by atoms with Gasteiger partial charge in [-0.25, -0.2) is 0 Å². The molecule has 1 spiro atoms. The number of nitrogens with zero attached hydrogens (tertiary/aromatic N) is 1. The Hall–Kier alpha value is -1.41. The predicted molar refractivity (Wildman–Crippen MR) is 75.1 cm³/mol. The zero-order valence-electron chi connectivity index (χ0n) is 11.6. The molecule has 0 bridgehead atoms. The van der Waals surface area contributed by atoms with E-state index < -0.39 is 0 Å². The summed E-state index contributed by atoms with van der Waals surface area (Å²) < 4.78 is 11.4. The lowest BCUT2D eigenvalue weighted by Crippen LogP contribution is -2.47. The molecule has 2 saturated heterocycles. The summed E-state index contributed by atoms with van der Waals surface area (Å²) in [5.41, 5.74) is 1.88. The molecule has 1 aromatic carbocycles. The zero-order chi connectivity index (χ0) is 13.8. The lowest BCUT2D eigenvalue weighted by atomic mass is 9.89. The number of hydrogen-bond donors (Lipinski definition) is 1. The molecule has 2 fully saturated rings. The van der Waals surface area contributed by atoms with Crippen molar-refractivity contribution in [2.75, 3.05) is 19.8 Å². The Bertz CT molecular complexity index is 486. The van der Waals surface area contributed by atoms with Crippen LogP contribution in [0.4, 0.5) is 0 Å². The number of nitriles is 1. The number of benzene rings is 1. The van der Waals surface area contributed by atoms with E-state index in [2.05, 4.69) is 11.4 Å². The van der Waals surface area contributed by atoms with E-state index in [1.165, 1.54) is 5.56 Å². The van der Waals surface area contributed by atoms with Gasteiger partial charge in [0, 0.05) is 32.2 Å². The molecule has 0 saturated carbocycles. The van der Waals surface area contributed by atoms with Crippen LogP contribution in [-0.2, 0) is 16.0 Å². The monoisotopic (exact) mass is 272 g/mol. The molecule has 0 amide bonds. The molecule has 4 heteroatoms. The Morgan fingerprint density at radius 3 is 2.85 bits per heavy atom. The molecule has 2 aliphatic heterocycles. The van der Waals surface area contributed by atoms with Crippen molar-refractivity contribution in [3.8, 4) is 6.07 Å². The second kappa shape index (κ2) is 5.92. The van der Waals surface area contributed by atoms with Crippen molar-refractivity contribution in [2.45, 2.75) is 37.5 Å². The molecular weight excluding hydrogens is 252 g/mol. The summed E-state index contributed by atoms with van der Waals surface area (Å²) in [4.78, 5) is 0. The van der Waals surface area contributed by atoms with Crippen LogP contribution in [0.25, 0.3) is 0 Å². The molecule has 0 radical (unpaired) electrons. The van der Waals surface area contributed by atoms with E-state index >= 15 is 0 Å². The third-order valence-electron chi connectivity index (χ3n) is 4.24. The molecule has 3 rings (SSSR count). The van der Waals surface area contributed by atoms with E-state index in [4.69, 9.17) is 14.7 Å². The molecular formula is C16H20N2O2. The summed E-state index contributed by atoms with van der Waals surface area (Å²) in [6.07, 6.45) is 3.10. The van der Waals surface area contributed by atoms with Gasteiger partial charge in [-0.2, -0.15) is 5.26 Å². The lowest BCUT2D eigenvalue weighted by molar-refractivity contribution is -0.0894. The highest BCUT2D eigenvalue weighted by molar-refractivity contribution is 5.31. The van der Waals surface area contributed by atoms with Crippen LogP contribution in [0.2, 0.25) is 0 Å². The summed E-state index contributed by atoms with van der Waals surface area (Å²) in [6.45, 7) is 3.21. The quantitative estimate of drug-likeness (QED) is 0.914. The number of hydrogen-bond acceptors (Lipinski definition) is 4. The molecule has 2 atom stereocenters. The van der Waals surface area contributed by atoms with Crippen molar-refractivity contribution >= 4 is 0 Å². The summed E-state index contributed by atoms with van der Waals surface area (Å²) >= 11 is 0. The smallest absolute Gasteiger partial charge is 0.0991 e. The summed E-state index contributed by atoms with van der Waals surface area (Å²) in [5, 5.41) is 12.4. The molecule has 106 valence electrons. The van der Waals surface area contributed by atoms with Gasteiger partial charge in [-0.3, -0.25) is 0 Å². The fourth-order valence-electron chi connectivity index (χ4n) is 3.02. The summed E-state index contributed by atoms with van der Waals surface area (Å²) in [5.74, 6) is 0. The number of rotatable bonds is 3. The van der Waals surface area contributed by atoms with E-state index in [1.807, 2.05) is 24.3 Å². The van der Waals surface area contributed by atoms with Crippen molar-refractivity contribution in [3.63, 3.8) is 0 Å². The Morgan fingerprint density at radius 2 is 2.15 bits per heavy atom. The second-order valence-corrected chi connectivity index (χ2v) is 5.71. The maximum Gasteiger partial charge on any atom is 0.0991 e. The van der Waals surface area contributed by atoms with Gasteiger partial charge in [0.05, 0.1) is 23.8 Å². The van der Waals surface area contributed by atoms with Gasteiger partial charge in [-0.05, 0) is 30.5 Å². The topological polar surface area (TPSA) is 54.3 Å². The van der Waals surface area contributed by atoms with Crippen LogP contribution in [0, 0.1) is 11.3 Å². The van der Waals surface area contributed by atoms with Gasteiger partial charge in [0.25, 0.3) is 0 Å². The third kappa shape index (κ3) is 3.01. The predicted octanol–water partition coefficient (Wildman–Crippen LogP) is 1.99. The summed E-state index contributed by atoms with van der Waals surface area (Å²) in [7, 11) is 0. The number of ether oxygens (including phenoxy) is 2. The van der Waals surface area contributed by atoms with Crippen molar-refractivity contribution in [3.05, 3.63) is 35.4 Å².